The van der Waals surface area contributed by atoms with Gasteiger partial charge in [-0.15, -0.1) is 0 Å². The molecule has 0 unspecified atom stereocenters. The van der Waals surface area contributed by atoms with Crippen molar-refractivity contribution in [2.24, 2.45) is 0 Å². The normalized spacial score (nSPS) is 17.2. The van der Waals surface area contributed by atoms with E-state index >= 15 is 0 Å². The first-order valence-electron chi connectivity index (χ1n) is 16.2. The highest BCUT2D eigenvalue weighted by atomic mass is 16.6. The summed E-state index contributed by atoms with van der Waals surface area (Å²) in [7, 11) is 0. The van der Waals surface area contributed by atoms with Crippen molar-refractivity contribution in [3.8, 4) is 11.5 Å². The molecule has 2 saturated heterocycles. The fourth-order valence-corrected chi connectivity index (χ4v) is 5.11. The molecule has 0 spiro atoms. The number of carbonyl (C=O) groups is 2. The number of nitro groups is 2. The van der Waals surface area contributed by atoms with Crippen molar-refractivity contribution in [2.75, 3.05) is 26.3 Å². The van der Waals surface area contributed by atoms with E-state index in [4.69, 9.17) is 24.4 Å². The van der Waals surface area contributed by atoms with Crippen molar-refractivity contribution < 1.29 is 43.9 Å². The Morgan fingerprint density at radius 2 is 1.24 bits per heavy atom. The average molecular weight is 691 g/mol. The number of aliphatic hydroxyl groups is 1. The summed E-state index contributed by atoms with van der Waals surface area (Å²) in [5, 5.41) is 39.3. The number of aromatic hydroxyl groups is 1. The Labute approximate surface area is 287 Å². The van der Waals surface area contributed by atoms with Crippen molar-refractivity contribution in [1.29, 1.82) is 0 Å². The molecule has 2 aromatic rings. The van der Waals surface area contributed by atoms with Crippen LogP contribution >= 0.6 is 0 Å². The van der Waals surface area contributed by atoms with Gasteiger partial charge in [-0.3, -0.25) is 20.2 Å². The van der Waals surface area contributed by atoms with E-state index in [1.165, 1.54) is 31.2 Å². The van der Waals surface area contributed by atoms with Gasteiger partial charge >= 0.3 is 12.2 Å². The maximum Gasteiger partial charge on any atom is 0.410 e. The summed E-state index contributed by atoms with van der Waals surface area (Å²) in [5.41, 5.74) is -0.226. The molecule has 0 aromatic heterocycles. The summed E-state index contributed by atoms with van der Waals surface area (Å²) >= 11 is 0. The van der Waals surface area contributed by atoms with Gasteiger partial charge in [-0.2, -0.15) is 0 Å². The Bertz CT molecular complexity index is 1450. The maximum atomic E-state index is 12.3. The van der Waals surface area contributed by atoms with E-state index in [2.05, 4.69) is 0 Å². The number of ether oxygens (including phenoxy) is 3. The fourth-order valence-electron chi connectivity index (χ4n) is 5.11. The number of phenols is 1. The third kappa shape index (κ3) is 12.7. The second-order valence-electron chi connectivity index (χ2n) is 13.8. The first-order chi connectivity index (χ1) is 22.8. The molecule has 0 bridgehead atoms. The number of nitro benzene ring substituents is 2. The number of hydrogen-bond acceptors (Lipinski definition) is 11. The molecule has 0 aliphatic carbocycles. The van der Waals surface area contributed by atoms with Crippen LogP contribution in [-0.4, -0.2) is 91.6 Å². The zero-order valence-corrected chi connectivity index (χ0v) is 29.6. The van der Waals surface area contributed by atoms with Crippen LogP contribution in [0, 0.1) is 34.1 Å². The molecule has 272 valence electrons. The summed E-state index contributed by atoms with van der Waals surface area (Å²) in [4.78, 5) is 47.5. The van der Waals surface area contributed by atoms with E-state index in [0.717, 1.165) is 25.7 Å². The SMILES string of the molecule is CC(C)(C)OC(=O)N1CCC[C@H]1CO.Cc1c(O)cccc1[N+](=O)[O-].Cc1c(OC[C@@H]2CCCN2C(=O)OC(C)(C)C)cccc1[N+](=O)[O-]. The Hall–Kier alpha value is -4.66. The number of rotatable bonds is 6. The number of hydrogen-bond donors (Lipinski definition) is 2. The molecule has 4 rings (SSSR count). The van der Waals surface area contributed by atoms with Gasteiger partial charge < -0.3 is 34.2 Å². The van der Waals surface area contributed by atoms with Gasteiger partial charge in [-0.1, -0.05) is 12.1 Å². The van der Waals surface area contributed by atoms with Crippen molar-refractivity contribution in [3.05, 3.63) is 67.8 Å². The molecule has 0 saturated carbocycles. The molecule has 2 aliphatic heterocycles. The first kappa shape index (κ1) is 40.5. The first-order valence-corrected chi connectivity index (χ1v) is 16.2. The lowest BCUT2D eigenvalue weighted by Crippen LogP contribution is -2.42. The zero-order chi connectivity index (χ0) is 37.1. The fraction of sp³-hybridized carbons (Fsp3) is 0.588. The molecule has 2 N–H and O–H groups in total. The minimum atomic E-state index is -0.540. The molecule has 15 heteroatoms. The van der Waals surface area contributed by atoms with Crippen molar-refractivity contribution >= 4 is 23.6 Å². The third-order valence-corrected chi connectivity index (χ3v) is 7.58. The number of amides is 2. The van der Waals surface area contributed by atoms with Crippen molar-refractivity contribution in [3.63, 3.8) is 0 Å². The van der Waals surface area contributed by atoms with E-state index in [-0.39, 0.29) is 48.0 Å². The Balaban J connectivity index is 0.000000282. The summed E-state index contributed by atoms with van der Waals surface area (Å²) in [5.74, 6) is 0.430. The highest BCUT2D eigenvalue weighted by Crippen LogP contribution is 2.29. The second-order valence-corrected chi connectivity index (χ2v) is 13.8. The predicted molar refractivity (Wildman–Crippen MR) is 182 cm³/mol. The van der Waals surface area contributed by atoms with Crippen LogP contribution in [0.5, 0.6) is 11.5 Å². The largest absolute Gasteiger partial charge is 0.507 e. The number of likely N-dealkylation sites (tertiary alicyclic amines) is 2. The Morgan fingerprint density at radius 3 is 1.69 bits per heavy atom. The number of benzene rings is 2. The van der Waals surface area contributed by atoms with Gasteiger partial charge in [0.2, 0.25) is 0 Å². The molecule has 2 atom stereocenters. The molecular weight excluding hydrogens is 640 g/mol. The van der Waals surface area contributed by atoms with Crippen LogP contribution in [-0.2, 0) is 9.47 Å². The molecule has 2 aliphatic rings. The van der Waals surface area contributed by atoms with Crippen LogP contribution < -0.4 is 4.74 Å². The van der Waals surface area contributed by atoms with Crippen LogP contribution in [0.1, 0.15) is 78.4 Å². The average Bonchev–Trinajstić information content (AvgIpc) is 3.67. The molecule has 2 amide bonds. The van der Waals surface area contributed by atoms with Gasteiger partial charge in [0.25, 0.3) is 11.4 Å². The van der Waals surface area contributed by atoms with Gasteiger partial charge in [-0.05, 0) is 93.2 Å². The van der Waals surface area contributed by atoms with Gasteiger partial charge in [0.05, 0.1) is 39.7 Å². The van der Waals surface area contributed by atoms with E-state index < -0.39 is 21.0 Å². The second kappa shape index (κ2) is 17.7. The molecular formula is C34H50N4O11. The number of aliphatic hydroxyl groups excluding tert-OH is 1. The molecule has 2 fully saturated rings. The smallest absolute Gasteiger partial charge is 0.410 e. The number of phenolic OH excluding ortho intramolecular Hbond substituents is 1. The van der Waals surface area contributed by atoms with Crippen LogP contribution in [0.15, 0.2) is 36.4 Å². The number of nitrogens with zero attached hydrogens (tertiary/aromatic N) is 4. The van der Waals surface area contributed by atoms with Crippen LogP contribution in [0.3, 0.4) is 0 Å². The minimum absolute atomic E-state index is 0.0270. The quantitative estimate of drug-likeness (QED) is 0.243. The monoisotopic (exact) mass is 690 g/mol. The van der Waals surface area contributed by atoms with Gasteiger partial charge in [0.15, 0.2) is 0 Å². The Kier molecular flexibility index (Phi) is 14.6. The molecule has 0 radical (unpaired) electrons. The van der Waals surface area contributed by atoms with Crippen molar-refractivity contribution in [1.82, 2.24) is 9.80 Å². The summed E-state index contributed by atoms with van der Waals surface area (Å²) in [6, 6.07) is 8.83. The van der Waals surface area contributed by atoms with Gasteiger partial charge in [0, 0.05) is 25.2 Å². The summed E-state index contributed by atoms with van der Waals surface area (Å²) < 4.78 is 16.4. The van der Waals surface area contributed by atoms with Crippen molar-refractivity contribution in [2.45, 2.75) is 104 Å². The highest BCUT2D eigenvalue weighted by molar-refractivity contribution is 5.69. The predicted octanol–water partition coefficient (Wildman–Crippen LogP) is 6.67. The minimum Gasteiger partial charge on any atom is -0.507 e. The number of carbonyl (C=O) groups excluding carboxylic acids is 2. The van der Waals surface area contributed by atoms with E-state index in [0.29, 0.717) is 36.6 Å². The van der Waals surface area contributed by atoms with E-state index in [1.807, 2.05) is 41.5 Å². The lowest BCUT2D eigenvalue weighted by molar-refractivity contribution is -0.385. The molecule has 15 nitrogen and oxygen atoms in total. The molecule has 2 aromatic carbocycles. The van der Waals surface area contributed by atoms with E-state index in [9.17, 15) is 29.8 Å². The zero-order valence-electron chi connectivity index (χ0n) is 29.6. The standard InChI is InChI=1S/C17H24N2O5.C10H19NO3.C7H7NO3/c1-12-14(19(21)22)8-5-9-15(12)23-11-13-7-6-10-18(13)16(20)24-17(2,3)4;1-10(2,3)14-9(13)11-6-4-5-8(11)7-12;1-5-6(8(10)11)3-2-4-7(5)9/h5,8-9,13H,6-7,10-11H2,1-4H3;8,12H,4-7H2,1-3H3;2-4,9H,1H3/t13-;8-;/m00./s1. The van der Waals surface area contributed by atoms with Gasteiger partial charge in [-0.25, -0.2) is 9.59 Å². The lowest BCUT2D eigenvalue weighted by Gasteiger charge is -2.28. The molecule has 2 heterocycles. The summed E-state index contributed by atoms with van der Waals surface area (Å²) in [6.45, 7) is 15.8. The topological polar surface area (TPSA) is 195 Å². The lowest BCUT2D eigenvalue weighted by atomic mass is 10.2. The summed E-state index contributed by atoms with van der Waals surface area (Å²) in [6.07, 6.45) is 2.88. The highest BCUT2D eigenvalue weighted by Gasteiger charge is 2.33. The van der Waals surface area contributed by atoms with Gasteiger partial charge in [0.1, 0.15) is 29.3 Å². The third-order valence-electron chi connectivity index (χ3n) is 7.58. The van der Waals surface area contributed by atoms with Crippen LogP contribution in [0.2, 0.25) is 0 Å². The maximum absolute atomic E-state index is 12.3. The van der Waals surface area contributed by atoms with E-state index in [1.54, 1.807) is 28.9 Å². The van der Waals surface area contributed by atoms with Crippen LogP contribution in [0.25, 0.3) is 0 Å². The molecule has 49 heavy (non-hydrogen) atoms. The van der Waals surface area contributed by atoms with Crippen LogP contribution in [0.4, 0.5) is 21.0 Å². The Morgan fingerprint density at radius 1 is 0.796 bits per heavy atom.